The quantitative estimate of drug-likeness (QED) is 0.214. The van der Waals surface area contributed by atoms with Gasteiger partial charge in [0.15, 0.2) is 28.5 Å². The summed E-state index contributed by atoms with van der Waals surface area (Å²) in [6, 6.07) is 24.5. The van der Waals surface area contributed by atoms with E-state index in [1.54, 1.807) is 0 Å². The van der Waals surface area contributed by atoms with Crippen LogP contribution in [0.15, 0.2) is 103 Å². The minimum absolute atomic E-state index is 0.116. The summed E-state index contributed by atoms with van der Waals surface area (Å²) in [5.41, 5.74) is 1.14. The highest BCUT2D eigenvalue weighted by Crippen LogP contribution is 2.41. The molecule has 43 heavy (non-hydrogen) atoms. The van der Waals surface area contributed by atoms with Gasteiger partial charge in [-0.1, -0.05) is 60.7 Å². The molecule has 6 rings (SSSR count). The first kappa shape index (κ1) is 28.4. The molecule has 9 heteroatoms. The van der Waals surface area contributed by atoms with Crippen molar-refractivity contribution >= 4 is 11.0 Å². The molecule has 0 spiro atoms. The lowest BCUT2D eigenvalue weighted by molar-refractivity contribution is -0.122. The Morgan fingerprint density at radius 2 is 1.26 bits per heavy atom. The zero-order valence-corrected chi connectivity index (χ0v) is 23.1. The largest absolute Gasteiger partial charge is 0.504 e. The number of benzene rings is 3. The van der Waals surface area contributed by atoms with Gasteiger partial charge in [0.1, 0.15) is 41.2 Å². The van der Waals surface area contributed by atoms with Crippen molar-refractivity contribution in [3.05, 3.63) is 139 Å². The number of hydrogen-bond donors (Lipinski definition) is 4. The molecule has 0 saturated heterocycles. The van der Waals surface area contributed by atoms with Crippen molar-refractivity contribution in [2.45, 2.75) is 50.1 Å². The van der Waals surface area contributed by atoms with Gasteiger partial charge in [-0.15, -0.1) is 0 Å². The summed E-state index contributed by atoms with van der Waals surface area (Å²) < 4.78 is 17.6. The first-order chi connectivity index (χ1) is 20.8. The third kappa shape index (κ3) is 5.83. The molecule has 5 aromatic rings. The molecule has 220 valence electrons. The molecule has 1 aliphatic rings. The van der Waals surface area contributed by atoms with E-state index in [0.29, 0.717) is 37.2 Å². The standard InChI is InChI=1S/C34H30O9/c35-24-15-21(13-11-19-7-3-1-4-8-19)41-27-18-25(36)28(17-23(24)27)43-34-29-26(37)16-22(14-12-20-9-5-2-6-10-20)42-33(29)31(39)30(38)32(34)40/h1-10,15-18,30-32,34,36,38-40H,11-14H2. The van der Waals surface area contributed by atoms with Crippen LogP contribution >= 0.6 is 0 Å². The van der Waals surface area contributed by atoms with Crippen LogP contribution in [-0.4, -0.2) is 32.6 Å². The predicted molar refractivity (Wildman–Crippen MR) is 157 cm³/mol. The topological polar surface area (TPSA) is 151 Å². The number of rotatable bonds is 8. The first-order valence-electron chi connectivity index (χ1n) is 14.0. The van der Waals surface area contributed by atoms with Crippen molar-refractivity contribution in [2.75, 3.05) is 0 Å². The van der Waals surface area contributed by atoms with Crippen LogP contribution in [0.2, 0.25) is 0 Å². The van der Waals surface area contributed by atoms with Crippen LogP contribution < -0.4 is 15.6 Å². The maximum Gasteiger partial charge on any atom is 0.193 e. The number of hydrogen-bond acceptors (Lipinski definition) is 9. The van der Waals surface area contributed by atoms with Crippen LogP contribution in [0.4, 0.5) is 0 Å². The van der Waals surface area contributed by atoms with Gasteiger partial charge in [0.05, 0.1) is 10.9 Å². The van der Waals surface area contributed by atoms with Crippen LogP contribution in [0.25, 0.3) is 11.0 Å². The van der Waals surface area contributed by atoms with Gasteiger partial charge in [0.25, 0.3) is 0 Å². The van der Waals surface area contributed by atoms with E-state index in [4.69, 9.17) is 13.6 Å². The molecule has 0 radical (unpaired) electrons. The predicted octanol–water partition coefficient (Wildman–Crippen LogP) is 3.91. The zero-order valence-electron chi connectivity index (χ0n) is 23.1. The molecule has 2 heterocycles. The van der Waals surface area contributed by atoms with Gasteiger partial charge in [-0.2, -0.15) is 0 Å². The molecule has 1 aliphatic carbocycles. The minimum atomic E-state index is -1.75. The van der Waals surface area contributed by atoms with E-state index in [1.807, 2.05) is 60.7 Å². The Kier molecular flexibility index (Phi) is 7.86. The molecule has 4 unspecified atom stereocenters. The Balaban J connectivity index is 1.29. The number of phenolic OH excluding ortho intramolecular Hbond substituents is 1. The van der Waals surface area contributed by atoms with Crippen LogP contribution in [0.3, 0.4) is 0 Å². The molecular formula is C34H30O9. The molecule has 0 saturated carbocycles. The van der Waals surface area contributed by atoms with Gasteiger partial charge in [-0.3, -0.25) is 9.59 Å². The van der Waals surface area contributed by atoms with Crippen molar-refractivity contribution in [2.24, 2.45) is 0 Å². The Morgan fingerprint density at radius 1 is 0.674 bits per heavy atom. The fraction of sp³-hybridized carbons (Fsp3) is 0.235. The van der Waals surface area contributed by atoms with Crippen molar-refractivity contribution in [3.63, 3.8) is 0 Å². The summed E-state index contributed by atoms with van der Waals surface area (Å²) in [5, 5.41) is 43.0. The molecule has 4 N–H and O–H groups in total. The van der Waals surface area contributed by atoms with Crippen LogP contribution in [0.5, 0.6) is 11.5 Å². The lowest BCUT2D eigenvalue weighted by atomic mass is 9.86. The Morgan fingerprint density at radius 3 is 1.88 bits per heavy atom. The van der Waals surface area contributed by atoms with Crippen molar-refractivity contribution in [1.82, 2.24) is 0 Å². The highest BCUT2D eigenvalue weighted by molar-refractivity contribution is 5.80. The lowest BCUT2D eigenvalue weighted by Gasteiger charge is -2.35. The smallest absolute Gasteiger partial charge is 0.193 e. The summed E-state index contributed by atoms with van der Waals surface area (Å²) in [4.78, 5) is 26.3. The number of aryl methyl sites for hydroxylation is 4. The van der Waals surface area contributed by atoms with Gasteiger partial charge in [0, 0.05) is 31.0 Å². The van der Waals surface area contributed by atoms with Crippen molar-refractivity contribution in [1.29, 1.82) is 0 Å². The summed E-state index contributed by atoms with van der Waals surface area (Å²) in [6.45, 7) is 0. The van der Waals surface area contributed by atoms with Crippen molar-refractivity contribution < 1.29 is 34.0 Å². The number of phenols is 1. The molecule has 0 aliphatic heterocycles. The summed E-state index contributed by atoms with van der Waals surface area (Å²) in [5.74, 6) is -0.106. The highest BCUT2D eigenvalue weighted by Gasteiger charge is 2.46. The van der Waals surface area contributed by atoms with E-state index in [-0.39, 0.29) is 33.5 Å². The molecular weight excluding hydrogens is 552 g/mol. The number of aliphatic hydroxyl groups excluding tert-OH is 3. The van der Waals surface area contributed by atoms with Crippen LogP contribution in [-0.2, 0) is 25.7 Å². The Labute approximate surface area is 245 Å². The summed E-state index contributed by atoms with van der Waals surface area (Å²) in [6.07, 6.45) is -4.61. The molecule has 3 aromatic carbocycles. The number of aromatic hydroxyl groups is 1. The highest BCUT2D eigenvalue weighted by atomic mass is 16.5. The number of ether oxygens (including phenoxy) is 1. The average molecular weight is 583 g/mol. The SMILES string of the molecule is O=c1cc(CCc2ccccc2)oc2c1C(Oc1cc3c(=O)cc(CCc4ccccc4)oc3cc1O)C(O)C(O)C2O. The lowest BCUT2D eigenvalue weighted by Crippen LogP contribution is -2.46. The molecule has 9 nitrogen and oxygen atoms in total. The number of aliphatic hydroxyl groups is 3. The van der Waals surface area contributed by atoms with Gasteiger partial charge in [-0.25, -0.2) is 0 Å². The third-order valence-electron chi connectivity index (χ3n) is 7.72. The van der Waals surface area contributed by atoms with Gasteiger partial charge in [0.2, 0.25) is 0 Å². The fourth-order valence-electron chi connectivity index (χ4n) is 5.41. The Hall–Kier alpha value is -4.70. The minimum Gasteiger partial charge on any atom is -0.504 e. The number of fused-ring (bicyclic) bond motifs is 2. The second kappa shape index (κ2) is 11.9. The second-order valence-electron chi connectivity index (χ2n) is 10.7. The molecule has 2 aromatic heterocycles. The third-order valence-corrected chi connectivity index (χ3v) is 7.72. The van der Waals surface area contributed by atoms with E-state index in [2.05, 4.69) is 0 Å². The second-order valence-corrected chi connectivity index (χ2v) is 10.7. The first-order valence-corrected chi connectivity index (χ1v) is 14.0. The Bertz CT molecular complexity index is 1860. The maximum atomic E-state index is 13.3. The van der Waals surface area contributed by atoms with Crippen LogP contribution in [0, 0.1) is 0 Å². The van der Waals surface area contributed by atoms with E-state index >= 15 is 0 Å². The van der Waals surface area contributed by atoms with E-state index < -0.39 is 35.6 Å². The van der Waals surface area contributed by atoms with Gasteiger partial charge in [-0.05, 0) is 30.0 Å². The normalized spacial score (nSPS) is 19.7. The molecule has 0 bridgehead atoms. The summed E-state index contributed by atoms with van der Waals surface area (Å²) >= 11 is 0. The molecule has 0 amide bonds. The van der Waals surface area contributed by atoms with E-state index in [0.717, 1.165) is 11.1 Å². The van der Waals surface area contributed by atoms with Gasteiger partial charge < -0.3 is 34.0 Å². The monoisotopic (exact) mass is 582 g/mol. The molecule has 0 fully saturated rings. The van der Waals surface area contributed by atoms with E-state index in [9.17, 15) is 30.0 Å². The average Bonchev–Trinajstić information content (AvgIpc) is 3.01. The maximum absolute atomic E-state index is 13.3. The molecule has 4 atom stereocenters. The zero-order chi connectivity index (χ0) is 30.1. The van der Waals surface area contributed by atoms with Crippen LogP contribution in [0.1, 0.15) is 46.2 Å². The van der Waals surface area contributed by atoms with Crippen molar-refractivity contribution in [3.8, 4) is 11.5 Å². The fourth-order valence-corrected chi connectivity index (χ4v) is 5.41. The summed E-state index contributed by atoms with van der Waals surface area (Å²) in [7, 11) is 0. The van der Waals surface area contributed by atoms with Gasteiger partial charge >= 0.3 is 0 Å². The van der Waals surface area contributed by atoms with E-state index in [1.165, 1.54) is 24.3 Å².